The van der Waals surface area contributed by atoms with Crippen molar-refractivity contribution in [2.45, 2.75) is 70.0 Å². The number of rotatable bonds is 4. The Kier molecular flexibility index (Phi) is 4.51. The van der Waals surface area contributed by atoms with Crippen LogP contribution in [0.25, 0.3) is 0 Å². The fraction of sp³-hybridized carbons (Fsp3) is 0.933. The molecule has 0 aromatic carbocycles. The predicted molar refractivity (Wildman–Crippen MR) is 77.8 cm³/mol. The number of carbonyl (C=O) groups is 1. The van der Waals surface area contributed by atoms with E-state index in [-0.39, 0.29) is 5.91 Å². The minimum absolute atomic E-state index is 0.181. The smallest absolute Gasteiger partial charge is 0.237 e. The fourth-order valence-corrected chi connectivity index (χ4v) is 4.09. The molecule has 2 rings (SSSR count). The number of primary amides is 1. The van der Waals surface area contributed by atoms with Crippen LogP contribution in [0, 0.1) is 5.92 Å². The molecule has 0 aromatic heterocycles. The summed E-state index contributed by atoms with van der Waals surface area (Å²) in [6.07, 6.45) is 6.66. The van der Waals surface area contributed by atoms with Crippen LogP contribution in [-0.4, -0.2) is 42.0 Å². The predicted octanol–water partition coefficient (Wildman–Crippen LogP) is 1.49. The van der Waals surface area contributed by atoms with Crippen molar-refractivity contribution in [3.8, 4) is 0 Å². The van der Waals surface area contributed by atoms with Gasteiger partial charge in [-0.2, -0.15) is 0 Å². The highest BCUT2D eigenvalue weighted by Crippen LogP contribution is 2.36. The van der Waals surface area contributed by atoms with Gasteiger partial charge >= 0.3 is 0 Å². The van der Waals surface area contributed by atoms with E-state index in [4.69, 9.17) is 5.73 Å². The molecule has 1 aliphatic carbocycles. The Bertz CT molecular complexity index is 331. The van der Waals surface area contributed by atoms with Crippen molar-refractivity contribution in [2.75, 3.05) is 13.6 Å². The molecular weight excluding hydrogens is 238 g/mol. The van der Waals surface area contributed by atoms with E-state index in [2.05, 4.69) is 24.1 Å². The SMILES string of the molecule is CNC1(C(N)=O)CCCC(N2CCCC2C(C)C)C1. The van der Waals surface area contributed by atoms with Crippen LogP contribution in [0.2, 0.25) is 0 Å². The number of likely N-dealkylation sites (N-methyl/N-ethyl adjacent to an activating group) is 1. The quantitative estimate of drug-likeness (QED) is 0.811. The van der Waals surface area contributed by atoms with Crippen LogP contribution in [0.5, 0.6) is 0 Å². The monoisotopic (exact) mass is 267 g/mol. The van der Waals surface area contributed by atoms with E-state index >= 15 is 0 Å². The van der Waals surface area contributed by atoms with Crippen molar-refractivity contribution in [3.05, 3.63) is 0 Å². The molecule has 1 heterocycles. The summed E-state index contributed by atoms with van der Waals surface area (Å²) in [4.78, 5) is 14.5. The number of nitrogens with two attached hydrogens (primary N) is 1. The van der Waals surface area contributed by atoms with Crippen LogP contribution in [0.15, 0.2) is 0 Å². The van der Waals surface area contributed by atoms with E-state index in [0.29, 0.717) is 18.0 Å². The van der Waals surface area contributed by atoms with Gasteiger partial charge in [0.25, 0.3) is 0 Å². The van der Waals surface area contributed by atoms with Crippen molar-refractivity contribution in [1.82, 2.24) is 10.2 Å². The Hall–Kier alpha value is -0.610. The molecule has 1 aliphatic heterocycles. The second-order valence-corrected chi connectivity index (χ2v) is 6.64. The Morgan fingerprint density at radius 3 is 2.68 bits per heavy atom. The summed E-state index contributed by atoms with van der Waals surface area (Å²) in [6.45, 7) is 5.81. The van der Waals surface area contributed by atoms with Gasteiger partial charge in [-0.15, -0.1) is 0 Å². The van der Waals surface area contributed by atoms with Crippen molar-refractivity contribution < 1.29 is 4.79 Å². The van der Waals surface area contributed by atoms with Gasteiger partial charge in [0.05, 0.1) is 5.54 Å². The average Bonchev–Trinajstić information content (AvgIpc) is 2.88. The lowest BCUT2D eigenvalue weighted by Gasteiger charge is -2.44. The van der Waals surface area contributed by atoms with Crippen LogP contribution in [0.1, 0.15) is 52.4 Å². The summed E-state index contributed by atoms with van der Waals surface area (Å²) in [6, 6.07) is 1.20. The zero-order chi connectivity index (χ0) is 14.0. The third-order valence-electron chi connectivity index (χ3n) is 5.26. The number of carbonyl (C=O) groups excluding carboxylic acids is 1. The minimum Gasteiger partial charge on any atom is -0.368 e. The molecular formula is C15H29N3O. The maximum Gasteiger partial charge on any atom is 0.237 e. The first-order valence-electron chi connectivity index (χ1n) is 7.75. The lowest BCUT2D eigenvalue weighted by Crippen LogP contribution is -2.60. The maximum absolute atomic E-state index is 11.8. The van der Waals surface area contributed by atoms with Crippen molar-refractivity contribution in [3.63, 3.8) is 0 Å². The van der Waals surface area contributed by atoms with E-state index in [1.54, 1.807) is 0 Å². The zero-order valence-electron chi connectivity index (χ0n) is 12.6. The molecule has 1 amide bonds. The zero-order valence-corrected chi connectivity index (χ0v) is 12.6. The molecule has 1 saturated carbocycles. The first kappa shape index (κ1) is 14.8. The second-order valence-electron chi connectivity index (χ2n) is 6.64. The normalized spacial score (nSPS) is 36.8. The maximum atomic E-state index is 11.8. The summed E-state index contributed by atoms with van der Waals surface area (Å²) in [5.74, 6) is 0.516. The van der Waals surface area contributed by atoms with Gasteiger partial charge in [-0.05, 0) is 58.0 Å². The molecule has 2 aliphatic rings. The molecule has 0 aromatic rings. The Balaban J connectivity index is 2.10. The summed E-state index contributed by atoms with van der Waals surface area (Å²) < 4.78 is 0. The van der Waals surface area contributed by atoms with Gasteiger partial charge in [0.2, 0.25) is 5.91 Å². The molecule has 1 saturated heterocycles. The Morgan fingerprint density at radius 2 is 2.11 bits per heavy atom. The van der Waals surface area contributed by atoms with E-state index in [1.807, 2.05) is 7.05 Å². The number of nitrogens with one attached hydrogen (secondary N) is 1. The molecule has 2 fully saturated rings. The van der Waals surface area contributed by atoms with Gasteiger partial charge in [0.15, 0.2) is 0 Å². The molecule has 0 radical (unpaired) electrons. The van der Waals surface area contributed by atoms with Gasteiger partial charge in [0, 0.05) is 12.1 Å². The van der Waals surface area contributed by atoms with Crippen LogP contribution in [0.3, 0.4) is 0 Å². The summed E-state index contributed by atoms with van der Waals surface area (Å²) in [5, 5.41) is 3.21. The van der Waals surface area contributed by atoms with Crippen LogP contribution in [-0.2, 0) is 4.79 Å². The van der Waals surface area contributed by atoms with Crippen LogP contribution >= 0.6 is 0 Å². The summed E-state index contributed by atoms with van der Waals surface area (Å²) in [7, 11) is 1.87. The third kappa shape index (κ3) is 2.79. The fourth-order valence-electron chi connectivity index (χ4n) is 4.09. The van der Waals surface area contributed by atoms with Crippen LogP contribution < -0.4 is 11.1 Å². The number of nitrogens with zero attached hydrogens (tertiary/aromatic N) is 1. The minimum atomic E-state index is -0.479. The van der Waals surface area contributed by atoms with Gasteiger partial charge < -0.3 is 11.1 Å². The standard InChI is InChI=1S/C15H29N3O/c1-11(2)13-7-5-9-18(13)12-6-4-8-15(10-12,17-3)14(16)19/h11-13,17H,4-10H2,1-3H3,(H2,16,19). The number of amides is 1. The highest BCUT2D eigenvalue weighted by Gasteiger charge is 2.44. The summed E-state index contributed by atoms with van der Waals surface area (Å²) in [5.41, 5.74) is 5.17. The largest absolute Gasteiger partial charge is 0.368 e. The Morgan fingerprint density at radius 1 is 1.37 bits per heavy atom. The molecule has 110 valence electrons. The van der Waals surface area contributed by atoms with Gasteiger partial charge in [0.1, 0.15) is 0 Å². The second kappa shape index (κ2) is 5.80. The number of hydrogen-bond acceptors (Lipinski definition) is 3. The highest BCUT2D eigenvalue weighted by molar-refractivity contribution is 5.84. The van der Waals surface area contributed by atoms with Gasteiger partial charge in [-0.3, -0.25) is 9.69 Å². The topological polar surface area (TPSA) is 58.4 Å². The first-order valence-corrected chi connectivity index (χ1v) is 7.75. The van der Waals surface area contributed by atoms with E-state index in [1.165, 1.54) is 25.8 Å². The lowest BCUT2D eigenvalue weighted by molar-refractivity contribution is -0.126. The molecule has 3 unspecified atom stereocenters. The Labute approximate surface area is 117 Å². The average molecular weight is 267 g/mol. The van der Waals surface area contributed by atoms with Crippen molar-refractivity contribution in [1.29, 1.82) is 0 Å². The molecule has 3 atom stereocenters. The lowest BCUT2D eigenvalue weighted by atomic mass is 9.77. The van der Waals surface area contributed by atoms with E-state index < -0.39 is 5.54 Å². The molecule has 4 nitrogen and oxygen atoms in total. The molecule has 0 bridgehead atoms. The third-order valence-corrected chi connectivity index (χ3v) is 5.26. The molecule has 4 heteroatoms. The van der Waals surface area contributed by atoms with E-state index in [0.717, 1.165) is 19.3 Å². The van der Waals surface area contributed by atoms with Gasteiger partial charge in [-0.25, -0.2) is 0 Å². The first-order chi connectivity index (χ1) is 9.00. The van der Waals surface area contributed by atoms with Gasteiger partial charge in [-0.1, -0.05) is 13.8 Å². The molecule has 0 spiro atoms. The van der Waals surface area contributed by atoms with E-state index in [9.17, 15) is 4.79 Å². The summed E-state index contributed by atoms with van der Waals surface area (Å²) >= 11 is 0. The molecule has 19 heavy (non-hydrogen) atoms. The van der Waals surface area contributed by atoms with Crippen LogP contribution in [0.4, 0.5) is 0 Å². The number of hydrogen-bond donors (Lipinski definition) is 2. The highest BCUT2D eigenvalue weighted by atomic mass is 16.1. The van der Waals surface area contributed by atoms with Crippen molar-refractivity contribution in [2.24, 2.45) is 11.7 Å². The molecule has 3 N–H and O–H groups in total. The van der Waals surface area contributed by atoms with Crippen molar-refractivity contribution >= 4 is 5.91 Å². The number of likely N-dealkylation sites (tertiary alicyclic amines) is 1.